The Morgan fingerprint density at radius 1 is 1.41 bits per heavy atom. The van der Waals surface area contributed by atoms with E-state index in [0.717, 1.165) is 12.4 Å². The Bertz CT molecular complexity index is 553. The van der Waals surface area contributed by atoms with E-state index in [1.54, 1.807) is 0 Å². The first kappa shape index (κ1) is 10.5. The van der Waals surface area contributed by atoms with Gasteiger partial charge in [-0.3, -0.25) is 0 Å². The molecule has 1 aromatic heterocycles. The number of aryl methyl sites for hydroxylation is 1. The molecule has 1 atom stereocenters. The minimum atomic E-state index is -0.704. The van der Waals surface area contributed by atoms with Gasteiger partial charge in [-0.1, -0.05) is 18.2 Å². The summed E-state index contributed by atoms with van der Waals surface area (Å²) in [6, 6.07) is 8.26. The van der Waals surface area contributed by atoms with Crippen molar-refractivity contribution in [2.45, 2.75) is 19.5 Å². The lowest BCUT2D eigenvalue weighted by molar-refractivity contribution is 0.364. The zero-order chi connectivity index (χ0) is 11.8. The molecule has 3 heteroatoms. The second kappa shape index (κ2) is 3.99. The average Bonchev–Trinajstić information content (AvgIpc) is 2.76. The van der Waals surface area contributed by atoms with Crippen LogP contribution in [-0.2, 0) is 0 Å². The van der Waals surface area contributed by atoms with Gasteiger partial charge >= 0.3 is 0 Å². The highest BCUT2D eigenvalue weighted by atomic mass is 19.1. The monoisotopic (exact) mass is 230 g/mol. The highest BCUT2D eigenvalue weighted by molar-refractivity contribution is 5.86. The number of hydrogen-bond donors (Lipinski definition) is 0. The fourth-order valence-corrected chi connectivity index (χ4v) is 2.41. The van der Waals surface area contributed by atoms with Crippen molar-refractivity contribution in [2.24, 2.45) is 0 Å². The highest BCUT2D eigenvalue weighted by Crippen LogP contribution is 2.25. The summed E-state index contributed by atoms with van der Waals surface area (Å²) in [5, 5.41) is 2.35. The van der Waals surface area contributed by atoms with Crippen molar-refractivity contribution in [1.29, 1.82) is 0 Å². The van der Waals surface area contributed by atoms with E-state index in [1.807, 2.05) is 17.2 Å². The van der Waals surface area contributed by atoms with Crippen LogP contribution in [0.25, 0.3) is 10.8 Å². The molecule has 1 aromatic carbocycles. The van der Waals surface area contributed by atoms with E-state index >= 15 is 0 Å². The second-order valence-electron chi connectivity index (χ2n) is 4.67. The zero-order valence-electron chi connectivity index (χ0n) is 9.86. The molecule has 1 fully saturated rings. The van der Waals surface area contributed by atoms with Gasteiger partial charge in [-0.25, -0.2) is 9.37 Å². The van der Waals surface area contributed by atoms with Crippen LogP contribution in [0.15, 0.2) is 30.5 Å². The summed E-state index contributed by atoms with van der Waals surface area (Å²) < 4.78 is 13.2. The molecule has 17 heavy (non-hydrogen) atoms. The summed E-state index contributed by atoms with van der Waals surface area (Å²) in [6.07, 6.45) is 1.81. The Hall–Kier alpha value is -1.64. The molecule has 0 saturated carbocycles. The zero-order valence-corrected chi connectivity index (χ0v) is 9.86. The SMILES string of the molecule is Cc1cccc2cc(N3CCC(F)C3)ncc12. The minimum Gasteiger partial charge on any atom is -0.354 e. The van der Waals surface area contributed by atoms with Gasteiger partial charge in [-0.15, -0.1) is 0 Å². The van der Waals surface area contributed by atoms with Crippen molar-refractivity contribution in [3.05, 3.63) is 36.0 Å². The minimum absolute atomic E-state index is 0.477. The Morgan fingerprint density at radius 2 is 2.29 bits per heavy atom. The van der Waals surface area contributed by atoms with Gasteiger partial charge in [0.1, 0.15) is 12.0 Å². The number of hydrogen-bond acceptors (Lipinski definition) is 2. The molecule has 0 bridgehead atoms. The summed E-state index contributed by atoms with van der Waals surface area (Å²) in [6.45, 7) is 3.33. The lowest BCUT2D eigenvalue weighted by Crippen LogP contribution is -2.20. The van der Waals surface area contributed by atoms with Crippen LogP contribution in [0, 0.1) is 6.92 Å². The van der Waals surface area contributed by atoms with Gasteiger partial charge in [-0.05, 0) is 30.4 Å². The quantitative estimate of drug-likeness (QED) is 0.748. The average molecular weight is 230 g/mol. The van der Waals surface area contributed by atoms with E-state index in [4.69, 9.17) is 0 Å². The first-order valence-corrected chi connectivity index (χ1v) is 5.98. The standard InChI is InChI=1S/C14H15FN2/c1-10-3-2-4-11-7-14(16-8-13(10)11)17-6-5-12(15)9-17/h2-4,7-8,12H,5-6,9H2,1H3. The lowest BCUT2D eigenvalue weighted by atomic mass is 10.1. The first-order chi connectivity index (χ1) is 8.24. The molecule has 0 spiro atoms. The van der Waals surface area contributed by atoms with Crippen LogP contribution in [0.2, 0.25) is 0 Å². The maximum atomic E-state index is 13.2. The van der Waals surface area contributed by atoms with E-state index in [2.05, 4.69) is 30.1 Å². The number of nitrogens with zero attached hydrogens (tertiary/aromatic N) is 2. The van der Waals surface area contributed by atoms with Crippen molar-refractivity contribution in [2.75, 3.05) is 18.0 Å². The van der Waals surface area contributed by atoms with Crippen LogP contribution in [0.3, 0.4) is 0 Å². The van der Waals surface area contributed by atoms with Crippen LogP contribution < -0.4 is 4.90 Å². The second-order valence-corrected chi connectivity index (χ2v) is 4.67. The van der Waals surface area contributed by atoms with E-state index in [0.29, 0.717) is 13.0 Å². The Labute approximate surface area is 100 Å². The molecular formula is C14H15FN2. The molecule has 1 aliphatic rings. The number of rotatable bonds is 1. The van der Waals surface area contributed by atoms with Crippen molar-refractivity contribution in [1.82, 2.24) is 4.98 Å². The number of pyridine rings is 1. The van der Waals surface area contributed by atoms with E-state index in [-0.39, 0.29) is 0 Å². The van der Waals surface area contributed by atoms with Crippen molar-refractivity contribution >= 4 is 16.6 Å². The predicted octanol–water partition coefficient (Wildman–Crippen LogP) is 3.09. The molecule has 0 N–H and O–H groups in total. The largest absolute Gasteiger partial charge is 0.354 e. The third-order valence-corrected chi connectivity index (χ3v) is 3.42. The van der Waals surface area contributed by atoms with Gasteiger partial charge in [0.05, 0.1) is 6.54 Å². The molecule has 3 rings (SSSR count). The topological polar surface area (TPSA) is 16.1 Å². The van der Waals surface area contributed by atoms with E-state index in [1.165, 1.54) is 16.3 Å². The molecule has 2 heterocycles. The van der Waals surface area contributed by atoms with Gasteiger partial charge in [0.2, 0.25) is 0 Å². The van der Waals surface area contributed by atoms with Crippen molar-refractivity contribution in [3.8, 4) is 0 Å². The highest BCUT2D eigenvalue weighted by Gasteiger charge is 2.22. The molecule has 1 saturated heterocycles. The number of benzene rings is 1. The molecule has 2 aromatic rings. The van der Waals surface area contributed by atoms with Gasteiger partial charge in [0.25, 0.3) is 0 Å². The molecule has 1 unspecified atom stereocenters. The van der Waals surface area contributed by atoms with Crippen LogP contribution in [0.1, 0.15) is 12.0 Å². The van der Waals surface area contributed by atoms with Crippen LogP contribution in [0.5, 0.6) is 0 Å². The fraction of sp³-hybridized carbons (Fsp3) is 0.357. The van der Waals surface area contributed by atoms with Gasteiger partial charge in [0, 0.05) is 18.1 Å². The van der Waals surface area contributed by atoms with E-state index < -0.39 is 6.17 Å². The summed E-state index contributed by atoms with van der Waals surface area (Å²) in [7, 11) is 0. The van der Waals surface area contributed by atoms with Gasteiger partial charge < -0.3 is 4.90 Å². The maximum absolute atomic E-state index is 13.2. The van der Waals surface area contributed by atoms with Gasteiger partial charge in [0.15, 0.2) is 0 Å². The summed E-state index contributed by atoms with van der Waals surface area (Å²) in [5.74, 6) is 0.892. The molecule has 2 nitrogen and oxygen atoms in total. The first-order valence-electron chi connectivity index (χ1n) is 5.98. The number of fused-ring (bicyclic) bond motifs is 1. The number of alkyl halides is 1. The van der Waals surface area contributed by atoms with Crippen molar-refractivity contribution in [3.63, 3.8) is 0 Å². The number of anilines is 1. The Kier molecular flexibility index (Phi) is 2.46. The molecule has 1 aliphatic heterocycles. The van der Waals surface area contributed by atoms with Crippen LogP contribution in [-0.4, -0.2) is 24.2 Å². The van der Waals surface area contributed by atoms with Gasteiger partial charge in [-0.2, -0.15) is 0 Å². The lowest BCUT2D eigenvalue weighted by Gasteiger charge is -2.16. The molecule has 0 aliphatic carbocycles. The summed E-state index contributed by atoms with van der Waals surface area (Å²) >= 11 is 0. The molecule has 0 amide bonds. The summed E-state index contributed by atoms with van der Waals surface area (Å²) in [4.78, 5) is 6.46. The predicted molar refractivity (Wildman–Crippen MR) is 68.2 cm³/mol. The van der Waals surface area contributed by atoms with Crippen molar-refractivity contribution < 1.29 is 4.39 Å². The number of aromatic nitrogens is 1. The summed E-state index contributed by atoms with van der Waals surface area (Å²) in [5.41, 5.74) is 1.23. The molecule has 88 valence electrons. The fourth-order valence-electron chi connectivity index (χ4n) is 2.41. The third kappa shape index (κ3) is 1.86. The Balaban J connectivity index is 2.02. The number of halogens is 1. The van der Waals surface area contributed by atoms with E-state index in [9.17, 15) is 4.39 Å². The normalized spacial score (nSPS) is 20.1. The van der Waals surface area contributed by atoms with Crippen LogP contribution >= 0.6 is 0 Å². The Morgan fingerprint density at radius 3 is 3.06 bits per heavy atom. The maximum Gasteiger partial charge on any atom is 0.129 e. The van der Waals surface area contributed by atoms with Crippen LogP contribution in [0.4, 0.5) is 10.2 Å². The third-order valence-electron chi connectivity index (χ3n) is 3.42. The molecule has 0 radical (unpaired) electrons. The smallest absolute Gasteiger partial charge is 0.129 e. The molecular weight excluding hydrogens is 215 g/mol.